The normalized spacial score (nSPS) is 22.1. The van der Waals surface area contributed by atoms with E-state index in [-0.39, 0.29) is 5.43 Å². The van der Waals surface area contributed by atoms with Crippen LogP contribution in [-0.4, -0.2) is 18.2 Å². The second-order valence-corrected chi connectivity index (χ2v) is 4.02. The number of pyridine rings is 1. The minimum absolute atomic E-state index is 0.0284. The van der Waals surface area contributed by atoms with Crippen molar-refractivity contribution >= 4 is 15.9 Å². The van der Waals surface area contributed by atoms with Gasteiger partial charge in [-0.1, -0.05) is 0 Å². The van der Waals surface area contributed by atoms with Crippen molar-refractivity contribution in [2.75, 3.05) is 13.2 Å². The molecule has 1 fully saturated rings. The Labute approximate surface area is 84.2 Å². The van der Waals surface area contributed by atoms with Crippen LogP contribution in [0, 0.1) is 0 Å². The van der Waals surface area contributed by atoms with Crippen LogP contribution in [0.25, 0.3) is 0 Å². The van der Waals surface area contributed by atoms with E-state index in [4.69, 9.17) is 4.74 Å². The van der Waals surface area contributed by atoms with Crippen LogP contribution in [-0.2, 0) is 4.74 Å². The molecule has 1 aliphatic rings. The molecule has 3 nitrogen and oxygen atoms in total. The summed E-state index contributed by atoms with van der Waals surface area (Å²) in [6, 6.07) is 1.64. The number of nitrogens with one attached hydrogen (secondary N) is 1. The number of hydrogen-bond donors (Lipinski definition) is 1. The topological polar surface area (TPSA) is 42.1 Å². The SMILES string of the molecule is O=c1cc(C2CCOC2)[nH]cc1Br. The molecule has 0 amide bonds. The first-order chi connectivity index (χ1) is 6.27. The fraction of sp³-hybridized carbons (Fsp3) is 0.444. The van der Waals surface area contributed by atoms with Crippen molar-refractivity contribution in [1.82, 2.24) is 4.98 Å². The largest absolute Gasteiger partial charge is 0.381 e. The van der Waals surface area contributed by atoms with E-state index in [1.807, 2.05) is 0 Å². The van der Waals surface area contributed by atoms with Crippen LogP contribution in [0.15, 0.2) is 21.5 Å². The van der Waals surface area contributed by atoms with E-state index in [0.29, 0.717) is 10.4 Å². The average molecular weight is 244 g/mol. The van der Waals surface area contributed by atoms with Gasteiger partial charge in [-0.25, -0.2) is 0 Å². The first-order valence-electron chi connectivity index (χ1n) is 4.23. The predicted octanol–water partition coefficient (Wildman–Crippen LogP) is 1.64. The Morgan fingerprint density at radius 2 is 2.46 bits per heavy atom. The van der Waals surface area contributed by atoms with Crippen molar-refractivity contribution in [1.29, 1.82) is 0 Å². The van der Waals surface area contributed by atoms with E-state index < -0.39 is 0 Å². The Kier molecular flexibility index (Phi) is 2.51. The molecule has 70 valence electrons. The molecule has 4 heteroatoms. The molecule has 0 bridgehead atoms. The van der Waals surface area contributed by atoms with Crippen LogP contribution in [0.4, 0.5) is 0 Å². The molecule has 0 aromatic carbocycles. The fourth-order valence-corrected chi connectivity index (χ4v) is 1.71. The summed E-state index contributed by atoms with van der Waals surface area (Å²) in [5.74, 6) is 0.362. The third kappa shape index (κ3) is 1.84. The van der Waals surface area contributed by atoms with E-state index in [1.54, 1.807) is 12.3 Å². The summed E-state index contributed by atoms with van der Waals surface area (Å²) in [7, 11) is 0. The zero-order valence-electron chi connectivity index (χ0n) is 7.05. The van der Waals surface area contributed by atoms with Crippen molar-refractivity contribution < 1.29 is 4.74 Å². The highest BCUT2D eigenvalue weighted by atomic mass is 79.9. The smallest absolute Gasteiger partial charge is 0.195 e. The first-order valence-corrected chi connectivity index (χ1v) is 5.02. The van der Waals surface area contributed by atoms with Gasteiger partial charge < -0.3 is 9.72 Å². The first kappa shape index (κ1) is 8.97. The zero-order valence-corrected chi connectivity index (χ0v) is 8.63. The minimum Gasteiger partial charge on any atom is -0.381 e. The van der Waals surface area contributed by atoms with Gasteiger partial charge in [0.1, 0.15) is 0 Å². The van der Waals surface area contributed by atoms with E-state index in [2.05, 4.69) is 20.9 Å². The second kappa shape index (κ2) is 3.64. The highest BCUT2D eigenvalue weighted by Crippen LogP contribution is 2.22. The number of halogens is 1. The summed E-state index contributed by atoms with van der Waals surface area (Å²) in [5, 5.41) is 0. The van der Waals surface area contributed by atoms with Crippen LogP contribution in [0.3, 0.4) is 0 Å². The predicted molar refractivity (Wildman–Crippen MR) is 52.9 cm³/mol. The molecular weight excluding hydrogens is 234 g/mol. The number of hydrogen-bond acceptors (Lipinski definition) is 2. The van der Waals surface area contributed by atoms with Gasteiger partial charge in [-0.3, -0.25) is 4.79 Å². The monoisotopic (exact) mass is 243 g/mol. The molecule has 0 radical (unpaired) electrons. The van der Waals surface area contributed by atoms with E-state index in [0.717, 1.165) is 25.3 Å². The van der Waals surface area contributed by atoms with Crippen LogP contribution in [0.1, 0.15) is 18.0 Å². The van der Waals surface area contributed by atoms with Crippen molar-refractivity contribution in [2.45, 2.75) is 12.3 Å². The van der Waals surface area contributed by atoms with Crippen LogP contribution in [0.2, 0.25) is 0 Å². The van der Waals surface area contributed by atoms with Gasteiger partial charge >= 0.3 is 0 Å². The molecule has 1 atom stereocenters. The summed E-state index contributed by atoms with van der Waals surface area (Å²) >= 11 is 3.16. The number of aromatic nitrogens is 1. The Balaban J connectivity index is 2.30. The van der Waals surface area contributed by atoms with Gasteiger partial charge in [-0.2, -0.15) is 0 Å². The third-order valence-electron chi connectivity index (χ3n) is 2.26. The lowest BCUT2D eigenvalue weighted by Crippen LogP contribution is -2.08. The summed E-state index contributed by atoms with van der Waals surface area (Å²) in [6.45, 7) is 1.51. The number of rotatable bonds is 1. The van der Waals surface area contributed by atoms with E-state index in [9.17, 15) is 4.79 Å². The molecule has 1 aromatic heterocycles. The van der Waals surface area contributed by atoms with Gasteiger partial charge in [-0.05, 0) is 22.4 Å². The highest BCUT2D eigenvalue weighted by Gasteiger charge is 2.18. The van der Waals surface area contributed by atoms with E-state index in [1.165, 1.54) is 0 Å². The molecule has 0 aliphatic carbocycles. The minimum atomic E-state index is 0.0284. The molecule has 2 rings (SSSR count). The molecule has 1 aliphatic heterocycles. The Morgan fingerprint density at radius 1 is 1.62 bits per heavy atom. The quantitative estimate of drug-likeness (QED) is 0.815. The Morgan fingerprint density at radius 3 is 3.08 bits per heavy atom. The lowest BCUT2D eigenvalue weighted by molar-refractivity contribution is 0.193. The van der Waals surface area contributed by atoms with Crippen molar-refractivity contribution in [2.24, 2.45) is 0 Å². The molecule has 0 saturated carbocycles. The maximum Gasteiger partial charge on any atom is 0.195 e. The molecule has 0 spiro atoms. The van der Waals surface area contributed by atoms with Crippen molar-refractivity contribution in [3.63, 3.8) is 0 Å². The maximum absolute atomic E-state index is 11.3. The van der Waals surface area contributed by atoms with Crippen molar-refractivity contribution in [3.05, 3.63) is 32.7 Å². The summed E-state index contributed by atoms with van der Waals surface area (Å²) in [4.78, 5) is 14.4. The number of H-pyrrole nitrogens is 1. The molecule has 2 heterocycles. The van der Waals surface area contributed by atoms with Crippen molar-refractivity contribution in [3.8, 4) is 0 Å². The summed E-state index contributed by atoms with van der Waals surface area (Å²) in [6.07, 6.45) is 2.69. The molecular formula is C9H10BrNO2. The van der Waals surface area contributed by atoms with Gasteiger partial charge in [0.15, 0.2) is 5.43 Å². The molecule has 13 heavy (non-hydrogen) atoms. The average Bonchev–Trinajstić information content (AvgIpc) is 2.62. The van der Waals surface area contributed by atoms with Gasteiger partial charge in [0.2, 0.25) is 0 Å². The van der Waals surface area contributed by atoms with Crippen LogP contribution in [0.5, 0.6) is 0 Å². The standard InChI is InChI=1S/C9H10BrNO2/c10-7-4-11-8(3-9(7)12)6-1-2-13-5-6/h3-4,6H,1-2,5H2,(H,11,12). The summed E-state index contributed by atoms with van der Waals surface area (Å²) in [5.41, 5.74) is 1.01. The Hall–Kier alpha value is -0.610. The fourth-order valence-electron chi connectivity index (χ4n) is 1.49. The van der Waals surface area contributed by atoms with Crippen LogP contribution < -0.4 is 5.43 Å². The molecule has 1 aromatic rings. The van der Waals surface area contributed by atoms with Gasteiger partial charge in [0.05, 0.1) is 11.1 Å². The zero-order chi connectivity index (χ0) is 9.26. The second-order valence-electron chi connectivity index (χ2n) is 3.16. The molecule has 1 N–H and O–H groups in total. The van der Waals surface area contributed by atoms with E-state index >= 15 is 0 Å². The lowest BCUT2D eigenvalue weighted by atomic mass is 10.0. The maximum atomic E-state index is 11.3. The van der Waals surface area contributed by atoms with Gasteiger partial charge in [0.25, 0.3) is 0 Å². The highest BCUT2D eigenvalue weighted by molar-refractivity contribution is 9.10. The van der Waals surface area contributed by atoms with Crippen LogP contribution >= 0.6 is 15.9 Å². The van der Waals surface area contributed by atoms with Gasteiger partial charge in [0, 0.05) is 30.5 Å². The van der Waals surface area contributed by atoms with Gasteiger partial charge in [-0.15, -0.1) is 0 Å². The number of aromatic amines is 1. The Bertz CT molecular complexity index is 355. The summed E-state index contributed by atoms with van der Waals surface area (Å²) < 4.78 is 5.83. The number of ether oxygens (including phenoxy) is 1. The lowest BCUT2D eigenvalue weighted by Gasteiger charge is -2.06. The third-order valence-corrected chi connectivity index (χ3v) is 2.88. The molecule has 1 saturated heterocycles. The molecule has 1 unspecified atom stereocenters.